The van der Waals surface area contributed by atoms with Crippen LogP contribution in [0.3, 0.4) is 0 Å². The highest BCUT2D eigenvalue weighted by atomic mass is 35.5. The highest BCUT2D eigenvalue weighted by molar-refractivity contribution is 7.19. The number of likely N-dealkylation sites (tertiary alicyclic amines) is 1. The summed E-state index contributed by atoms with van der Waals surface area (Å²) >= 11 is 8.21. The third-order valence-corrected chi connectivity index (χ3v) is 5.81. The zero-order chi connectivity index (χ0) is 14.8. The van der Waals surface area contributed by atoms with E-state index < -0.39 is 5.97 Å². The van der Waals surface area contributed by atoms with Crippen LogP contribution in [0.25, 0.3) is 10.1 Å². The SMILES string of the molecule is O=C(O)CC1CCCCN1Cc1sc2ccccc2c1Cl. The van der Waals surface area contributed by atoms with Crippen molar-refractivity contribution in [1.82, 2.24) is 4.90 Å². The molecule has 0 aliphatic carbocycles. The van der Waals surface area contributed by atoms with Crippen LogP contribution in [0.4, 0.5) is 0 Å². The van der Waals surface area contributed by atoms with Crippen molar-refractivity contribution in [2.45, 2.75) is 38.3 Å². The van der Waals surface area contributed by atoms with Gasteiger partial charge in [-0.15, -0.1) is 11.3 Å². The normalized spacial score (nSPS) is 20.0. The van der Waals surface area contributed by atoms with Gasteiger partial charge in [-0.2, -0.15) is 0 Å². The first-order valence-electron chi connectivity index (χ1n) is 7.27. The van der Waals surface area contributed by atoms with Crippen molar-refractivity contribution in [2.24, 2.45) is 0 Å². The molecule has 1 aromatic carbocycles. The lowest BCUT2D eigenvalue weighted by molar-refractivity contribution is -0.138. The van der Waals surface area contributed by atoms with E-state index in [2.05, 4.69) is 11.0 Å². The van der Waals surface area contributed by atoms with Crippen molar-refractivity contribution in [2.75, 3.05) is 6.54 Å². The van der Waals surface area contributed by atoms with Gasteiger partial charge in [-0.05, 0) is 25.5 Å². The van der Waals surface area contributed by atoms with Crippen molar-refractivity contribution >= 4 is 39.0 Å². The number of nitrogens with zero attached hydrogens (tertiary/aromatic N) is 1. The summed E-state index contributed by atoms with van der Waals surface area (Å²) in [7, 11) is 0. The summed E-state index contributed by atoms with van der Waals surface area (Å²) in [5.41, 5.74) is 0. The van der Waals surface area contributed by atoms with Crippen LogP contribution in [-0.4, -0.2) is 28.6 Å². The summed E-state index contributed by atoms with van der Waals surface area (Å²) in [6, 6.07) is 8.28. The highest BCUT2D eigenvalue weighted by Gasteiger charge is 2.26. The number of rotatable bonds is 4. The number of halogens is 1. The summed E-state index contributed by atoms with van der Waals surface area (Å²) in [5.74, 6) is -0.714. The van der Waals surface area contributed by atoms with Gasteiger partial charge in [0.15, 0.2) is 0 Å². The van der Waals surface area contributed by atoms with E-state index in [-0.39, 0.29) is 12.5 Å². The highest BCUT2D eigenvalue weighted by Crippen LogP contribution is 2.37. The van der Waals surface area contributed by atoms with E-state index in [0.717, 1.165) is 47.6 Å². The van der Waals surface area contributed by atoms with Crippen LogP contribution in [0, 0.1) is 0 Å². The maximum absolute atomic E-state index is 11.0. The molecule has 1 aromatic heterocycles. The van der Waals surface area contributed by atoms with Gasteiger partial charge in [-0.3, -0.25) is 9.69 Å². The Morgan fingerprint density at radius 1 is 1.38 bits per heavy atom. The average molecular weight is 324 g/mol. The molecule has 0 saturated carbocycles. The molecular weight excluding hydrogens is 306 g/mol. The number of carbonyl (C=O) groups is 1. The second-order valence-corrected chi connectivity index (χ2v) is 7.07. The summed E-state index contributed by atoms with van der Waals surface area (Å²) in [6.07, 6.45) is 3.45. The summed E-state index contributed by atoms with van der Waals surface area (Å²) in [4.78, 5) is 14.5. The van der Waals surface area contributed by atoms with Crippen LogP contribution >= 0.6 is 22.9 Å². The fourth-order valence-corrected chi connectivity index (χ4v) is 4.57. The number of fused-ring (bicyclic) bond motifs is 1. The molecule has 21 heavy (non-hydrogen) atoms. The molecule has 1 aliphatic rings. The molecule has 1 N–H and O–H groups in total. The Hall–Kier alpha value is -1.10. The lowest BCUT2D eigenvalue weighted by atomic mass is 9.99. The molecule has 3 nitrogen and oxygen atoms in total. The topological polar surface area (TPSA) is 40.5 Å². The van der Waals surface area contributed by atoms with E-state index in [1.54, 1.807) is 11.3 Å². The molecule has 2 heterocycles. The fraction of sp³-hybridized carbons (Fsp3) is 0.438. The van der Waals surface area contributed by atoms with Gasteiger partial charge in [0.1, 0.15) is 0 Å². The minimum atomic E-state index is -0.714. The maximum atomic E-state index is 11.0. The minimum Gasteiger partial charge on any atom is -0.481 e. The predicted molar refractivity (Wildman–Crippen MR) is 87.1 cm³/mol. The van der Waals surface area contributed by atoms with E-state index in [1.165, 1.54) is 4.70 Å². The number of piperidine rings is 1. The second-order valence-electron chi connectivity index (χ2n) is 5.55. The van der Waals surface area contributed by atoms with E-state index in [0.29, 0.717) is 0 Å². The third-order valence-electron chi connectivity index (χ3n) is 4.11. The van der Waals surface area contributed by atoms with Crippen molar-refractivity contribution in [3.8, 4) is 0 Å². The molecule has 0 spiro atoms. The molecule has 1 saturated heterocycles. The van der Waals surface area contributed by atoms with Crippen LogP contribution in [-0.2, 0) is 11.3 Å². The molecule has 3 rings (SSSR count). The predicted octanol–water partition coefficient (Wildman–Crippen LogP) is 4.38. The molecule has 1 atom stereocenters. The van der Waals surface area contributed by atoms with Gasteiger partial charge < -0.3 is 5.11 Å². The van der Waals surface area contributed by atoms with E-state index in [9.17, 15) is 4.79 Å². The number of aliphatic carboxylic acids is 1. The number of hydrogen-bond acceptors (Lipinski definition) is 3. The Kier molecular flexibility index (Phi) is 4.48. The molecule has 1 unspecified atom stereocenters. The van der Waals surface area contributed by atoms with Crippen LogP contribution in [0.5, 0.6) is 0 Å². The number of carboxylic acid groups (broad SMARTS) is 1. The third kappa shape index (κ3) is 3.23. The Bertz CT molecular complexity index is 655. The molecule has 1 aliphatic heterocycles. The zero-order valence-corrected chi connectivity index (χ0v) is 13.3. The first-order valence-corrected chi connectivity index (χ1v) is 8.46. The number of carboxylic acids is 1. The molecule has 112 valence electrons. The van der Waals surface area contributed by atoms with Gasteiger partial charge in [-0.25, -0.2) is 0 Å². The van der Waals surface area contributed by atoms with Gasteiger partial charge in [0.25, 0.3) is 0 Å². The molecule has 2 aromatic rings. The summed E-state index contributed by atoms with van der Waals surface area (Å²) in [5, 5.41) is 11.0. The van der Waals surface area contributed by atoms with Gasteiger partial charge in [0.05, 0.1) is 11.4 Å². The summed E-state index contributed by atoms with van der Waals surface area (Å²) < 4.78 is 1.20. The number of thiophene rings is 1. The maximum Gasteiger partial charge on any atom is 0.304 e. The van der Waals surface area contributed by atoms with Crippen molar-refractivity contribution in [1.29, 1.82) is 0 Å². The van der Waals surface area contributed by atoms with E-state index in [4.69, 9.17) is 16.7 Å². The minimum absolute atomic E-state index is 0.137. The monoisotopic (exact) mass is 323 g/mol. The molecule has 0 bridgehead atoms. The Morgan fingerprint density at radius 3 is 2.95 bits per heavy atom. The number of hydrogen-bond donors (Lipinski definition) is 1. The van der Waals surface area contributed by atoms with Gasteiger partial charge in [-0.1, -0.05) is 36.2 Å². The molecule has 5 heteroatoms. The molecule has 0 amide bonds. The molecular formula is C16H18ClNO2S. The first kappa shape index (κ1) is 14.8. The van der Waals surface area contributed by atoms with Gasteiger partial charge in [0, 0.05) is 27.5 Å². The Balaban J connectivity index is 1.82. The van der Waals surface area contributed by atoms with Crippen LogP contribution in [0.2, 0.25) is 5.02 Å². The van der Waals surface area contributed by atoms with Gasteiger partial charge in [0.2, 0.25) is 0 Å². The van der Waals surface area contributed by atoms with E-state index >= 15 is 0 Å². The fourth-order valence-electron chi connectivity index (χ4n) is 3.05. The number of benzene rings is 1. The summed E-state index contributed by atoms with van der Waals surface area (Å²) in [6.45, 7) is 1.72. The van der Waals surface area contributed by atoms with Gasteiger partial charge >= 0.3 is 5.97 Å². The van der Waals surface area contributed by atoms with Crippen LogP contribution in [0.1, 0.15) is 30.6 Å². The lowest BCUT2D eigenvalue weighted by Crippen LogP contribution is -2.40. The van der Waals surface area contributed by atoms with Crippen molar-refractivity contribution < 1.29 is 9.90 Å². The quantitative estimate of drug-likeness (QED) is 0.907. The van der Waals surface area contributed by atoms with E-state index in [1.807, 2.05) is 18.2 Å². The standard InChI is InChI=1S/C16H18ClNO2S/c17-16-12-6-1-2-7-13(12)21-14(16)10-18-8-4-3-5-11(18)9-15(19)20/h1-2,6-7,11H,3-5,8-10H2,(H,19,20). The van der Waals surface area contributed by atoms with Crippen LogP contribution in [0.15, 0.2) is 24.3 Å². The molecule has 0 radical (unpaired) electrons. The van der Waals surface area contributed by atoms with Crippen LogP contribution < -0.4 is 0 Å². The first-order chi connectivity index (χ1) is 10.1. The Labute approximate surface area is 133 Å². The Morgan fingerprint density at radius 2 is 2.19 bits per heavy atom. The van der Waals surface area contributed by atoms with Crippen molar-refractivity contribution in [3.63, 3.8) is 0 Å². The molecule has 1 fully saturated rings. The van der Waals surface area contributed by atoms with Crippen molar-refractivity contribution in [3.05, 3.63) is 34.2 Å². The second kappa shape index (κ2) is 6.34. The lowest BCUT2D eigenvalue weighted by Gasteiger charge is -2.34. The zero-order valence-electron chi connectivity index (χ0n) is 11.7. The average Bonchev–Trinajstić information content (AvgIpc) is 2.78. The smallest absolute Gasteiger partial charge is 0.304 e. The largest absolute Gasteiger partial charge is 0.481 e.